The summed E-state index contributed by atoms with van der Waals surface area (Å²) >= 11 is 0. The van der Waals surface area contributed by atoms with Crippen LogP contribution in [0.3, 0.4) is 0 Å². The Hall–Kier alpha value is -3.05. The first-order valence-electron chi connectivity index (χ1n) is 9.19. The lowest BCUT2D eigenvalue weighted by Crippen LogP contribution is -2.34. The maximum atomic E-state index is 12.7. The highest BCUT2D eigenvalue weighted by Gasteiger charge is 2.18. The summed E-state index contributed by atoms with van der Waals surface area (Å²) in [6.07, 6.45) is 0. The number of nitrogens with zero attached hydrogens (tertiary/aromatic N) is 1. The molecule has 0 aromatic heterocycles. The summed E-state index contributed by atoms with van der Waals surface area (Å²) in [6.45, 7) is 0.494. The third kappa shape index (κ3) is 4.10. The number of hydrogen-bond donors (Lipinski definition) is 1. The van der Waals surface area contributed by atoms with E-state index in [-0.39, 0.29) is 11.9 Å². The number of carbonyl (C=O) groups excluding carboxylic acids is 1. The summed E-state index contributed by atoms with van der Waals surface area (Å²) in [5, 5.41) is 5.45. The summed E-state index contributed by atoms with van der Waals surface area (Å²) in [6, 6.07) is 19.8. The van der Waals surface area contributed by atoms with Crippen LogP contribution in [0.1, 0.15) is 22.0 Å². The Balaban J connectivity index is 1.81. The Morgan fingerprint density at radius 1 is 0.964 bits per heavy atom. The molecule has 3 rings (SSSR count). The molecular weight excluding hydrogens is 352 g/mol. The van der Waals surface area contributed by atoms with E-state index >= 15 is 0 Å². The summed E-state index contributed by atoms with van der Waals surface area (Å²) < 4.78 is 10.5. The van der Waals surface area contributed by atoms with Crippen LogP contribution in [0.5, 0.6) is 11.5 Å². The van der Waals surface area contributed by atoms with Crippen molar-refractivity contribution >= 4 is 16.7 Å². The summed E-state index contributed by atoms with van der Waals surface area (Å²) in [5.74, 6) is 0.988. The molecule has 28 heavy (non-hydrogen) atoms. The van der Waals surface area contributed by atoms with E-state index in [4.69, 9.17) is 9.47 Å². The first-order chi connectivity index (χ1) is 13.5. The van der Waals surface area contributed by atoms with Crippen molar-refractivity contribution in [3.05, 3.63) is 71.8 Å². The van der Waals surface area contributed by atoms with Gasteiger partial charge in [-0.1, -0.05) is 42.5 Å². The van der Waals surface area contributed by atoms with Gasteiger partial charge in [0.1, 0.15) is 0 Å². The number of rotatable bonds is 7. The Morgan fingerprint density at radius 2 is 1.68 bits per heavy atom. The number of likely N-dealkylation sites (N-methyl/N-ethyl adjacent to an activating group) is 1. The van der Waals surface area contributed by atoms with E-state index in [2.05, 4.69) is 40.5 Å². The molecule has 146 valence electrons. The maximum Gasteiger partial charge on any atom is 0.251 e. The number of carbonyl (C=O) groups is 1. The number of nitrogens with one attached hydrogen (secondary N) is 1. The van der Waals surface area contributed by atoms with Gasteiger partial charge in [-0.05, 0) is 48.6 Å². The Labute approximate surface area is 165 Å². The lowest BCUT2D eigenvalue weighted by atomic mass is 9.98. The van der Waals surface area contributed by atoms with E-state index in [1.807, 2.05) is 26.2 Å². The second-order valence-electron chi connectivity index (χ2n) is 6.83. The fraction of sp³-hybridized carbons (Fsp3) is 0.261. The molecule has 3 aromatic rings. The lowest BCUT2D eigenvalue weighted by Gasteiger charge is -2.26. The summed E-state index contributed by atoms with van der Waals surface area (Å²) in [5.41, 5.74) is 1.73. The SMILES string of the molecule is COc1ccc(C(=O)NC[C@H](c2cccc3ccccc23)N(C)C)cc1OC. The molecule has 0 aliphatic carbocycles. The second-order valence-corrected chi connectivity index (χ2v) is 6.83. The Bertz CT molecular complexity index is 964. The van der Waals surface area contributed by atoms with Crippen LogP contribution in [-0.4, -0.2) is 45.7 Å². The third-order valence-corrected chi connectivity index (χ3v) is 4.91. The minimum absolute atomic E-state index is 0.0511. The van der Waals surface area contributed by atoms with E-state index < -0.39 is 0 Å². The molecule has 0 radical (unpaired) electrons. The third-order valence-electron chi connectivity index (χ3n) is 4.91. The number of hydrogen-bond acceptors (Lipinski definition) is 4. The van der Waals surface area contributed by atoms with Crippen molar-refractivity contribution in [3.8, 4) is 11.5 Å². The van der Waals surface area contributed by atoms with E-state index in [1.165, 1.54) is 16.3 Å². The quantitative estimate of drug-likeness (QED) is 0.678. The highest BCUT2D eigenvalue weighted by atomic mass is 16.5. The van der Waals surface area contributed by atoms with Gasteiger partial charge < -0.3 is 19.7 Å². The summed E-state index contributed by atoms with van der Waals surface area (Å²) in [7, 11) is 7.18. The van der Waals surface area contributed by atoms with Crippen LogP contribution in [0.15, 0.2) is 60.7 Å². The van der Waals surface area contributed by atoms with Crippen molar-refractivity contribution in [3.63, 3.8) is 0 Å². The second kappa shape index (κ2) is 8.76. The standard InChI is InChI=1S/C23H26N2O3/c1-25(2)20(19-11-7-9-16-8-5-6-10-18(16)19)15-24-23(26)17-12-13-21(27-3)22(14-17)28-4/h5-14,20H,15H2,1-4H3,(H,24,26)/t20-/m1/s1. The van der Waals surface area contributed by atoms with Crippen molar-refractivity contribution in [1.29, 1.82) is 0 Å². The van der Waals surface area contributed by atoms with Gasteiger partial charge in [0.05, 0.1) is 20.3 Å². The van der Waals surface area contributed by atoms with Gasteiger partial charge in [0.15, 0.2) is 11.5 Å². The predicted molar refractivity (Wildman–Crippen MR) is 112 cm³/mol. The zero-order chi connectivity index (χ0) is 20.1. The van der Waals surface area contributed by atoms with Gasteiger partial charge in [-0.3, -0.25) is 4.79 Å². The number of methoxy groups -OCH3 is 2. The van der Waals surface area contributed by atoms with Crippen molar-refractivity contribution in [1.82, 2.24) is 10.2 Å². The first kappa shape index (κ1) is 19.7. The molecule has 0 heterocycles. The molecule has 0 unspecified atom stereocenters. The molecule has 0 saturated carbocycles. The van der Waals surface area contributed by atoms with E-state index in [0.717, 1.165) is 0 Å². The van der Waals surface area contributed by atoms with Crippen LogP contribution in [0.2, 0.25) is 0 Å². The fourth-order valence-electron chi connectivity index (χ4n) is 3.38. The minimum atomic E-state index is -0.145. The fourth-order valence-corrected chi connectivity index (χ4v) is 3.38. The lowest BCUT2D eigenvalue weighted by molar-refractivity contribution is 0.0941. The molecule has 0 saturated heterocycles. The van der Waals surface area contributed by atoms with Crippen molar-refractivity contribution < 1.29 is 14.3 Å². The van der Waals surface area contributed by atoms with E-state index in [0.29, 0.717) is 23.6 Å². The molecule has 0 bridgehead atoms. The van der Waals surface area contributed by atoms with Gasteiger partial charge in [-0.2, -0.15) is 0 Å². The molecule has 0 spiro atoms. The van der Waals surface area contributed by atoms with Crippen LogP contribution in [0.25, 0.3) is 10.8 Å². The molecule has 1 amide bonds. The topological polar surface area (TPSA) is 50.8 Å². The highest BCUT2D eigenvalue weighted by Crippen LogP contribution is 2.28. The number of fused-ring (bicyclic) bond motifs is 1. The zero-order valence-corrected chi connectivity index (χ0v) is 16.7. The molecule has 1 N–H and O–H groups in total. The predicted octanol–water partition coefficient (Wildman–Crippen LogP) is 3.89. The molecule has 0 fully saturated rings. The minimum Gasteiger partial charge on any atom is -0.493 e. The van der Waals surface area contributed by atoms with Crippen molar-refractivity contribution in [2.24, 2.45) is 0 Å². The summed E-state index contributed by atoms with van der Waals surface area (Å²) in [4.78, 5) is 14.8. The number of benzene rings is 3. The number of ether oxygens (including phenoxy) is 2. The first-order valence-corrected chi connectivity index (χ1v) is 9.19. The van der Waals surface area contributed by atoms with Crippen LogP contribution in [0.4, 0.5) is 0 Å². The Kier molecular flexibility index (Phi) is 6.16. The zero-order valence-electron chi connectivity index (χ0n) is 16.7. The van der Waals surface area contributed by atoms with Gasteiger partial charge in [0.2, 0.25) is 0 Å². The monoisotopic (exact) mass is 378 g/mol. The van der Waals surface area contributed by atoms with Gasteiger partial charge in [-0.15, -0.1) is 0 Å². The molecular formula is C23H26N2O3. The maximum absolute atomic E-state index is 12.7. The molecule has 5 nitrogen and oxygen atoms in total. The average molecular weight is 378 g/mol. The van der Waals surface area contributed by atoms with E-state index in [1.54, 1.807) is 32.4 Å². The van der Waals surface area contributed by atoms with Crippen LogP contribution < -0.4 is 14.8 Å². The smallest absolute Gasteiger partial charge is 0.251 e. The van der Waals surface area contributed by atoms with Crippen molar-refractivity contribution in [2.45, 2.75) is 6.04 Å². The van der Waals surface area contributed by atoms with Gasteiger partial charge in [0, 0.05) is 12.1 Å². The molecule has 1 atom stereocenters. The normalized spacial score (nSPS) is 12.0. The van der Waals surface area contributed by atoms with Gasteiger partial charge in [0.25, 0.3) is 5.91 Å². The molecule has 5 heteroatoms. The molecule has 3 aromatic carbocycles. The Morgan fingerprint density at radius 3 is 2.39 bits per heavy atom. The van der Waals surface area contributed by atoms with Crippen LogP contribution in [-0.2, 0) is 0 Å². The average Bonchev–Trinajstić information content (AvgIpc) is 2.73. The van der Waals surface area contributed by atoms with Crippen LogP contribution in [0, 0.1) is 0 Å². The van der Waals surface area contributed by atoms with Crippen molar-refractivity contribution in [2.75, 3.05) is 34.9 Å². The highest BCUT2D eigenvalue weighted by molar-refractivity contribution is 5.95. The molecule has 0 aliphatic rings. The van der Waals surface area contributed by atoms with Gasteiger partial charge >= 0.3 is 0 Å². The van der Waals surface area contributed by atoms with Crippen LogP contribution >= 0.6 is 0 Å². The largest absolute Gasteiger partial charge is 0.493 e. The number of amides is 1. The van der Waals surface area contributed by atoms with E-state index in [9.17, 15) is 4.79 Å². The molecule has 0 aliphatic heterocycles. The van der Waals surface area contributed by atoms with Gasteiger partial charge in [-0.25, -0.2) is 0 Å².